The van der Waals surface area contributed by atoms with Crippen molar-refractivity contribution in [3.63, 3.8) is 0 Å². The first-order valence-corrected chi connectivity index (χ1v) is 6.11. The average Bonchev–Trinajstić information content (AvgIpc) is 2.63. The Morgan fingerprint density at radius 2 is 1.93 bits per heavy atom. The van der Waals surface area contributed by atoms with Crippen LogP contribution in [0.4, 0.5) is 0 Å². The van der Waals surface area contributed by atoms with E-state index in [2.05, 4.69) is 12.2 Å². The van der Waals surface area contributed by atoms with E-state index in [1.54, 1.807) is 0 Å². The van der Waals surface area contributed by atoms with Gasteiger partial charge in [0.05, 0.1) is 5.60 Å². The number of unbranched alkanes of at least 4 members (excludes halogenated alkanes) is 2. The quantitative estimate of drug-likeness (QED) is 0.637. The molecule has 14 heavy (non-hydrogen) atoms. The zero-order chi connectivity index (χ0) is 10.3. The van der Waals surface area contributed by atoms with Crippen LogP contribution in [0.25, 0.3) is 0 Å². The molecular weight excluding hydrogens is 174 g/mol. The molecule has 0 aromatic rings. The highest BCUT2D eigenvalue weighted by Gasteiger charge is 2.33. The Morgan fingerprint density at radius 3 is 2.50 bits per heavy atom. The second-order valence-electron chi connectivity index (χ2n) is 4.48. The van der Waals surface area contributed by atoms with Crippen molar-refractivity contribution in [1.82, 2.24) is 5.32 Å². The second kappa shape index (κ2) is 6.41. The van der Waals surface area contributed by atoms with Gasteiger partial charge >= 0.3 is 0 Å². The predicted molar refractivity (Wildman–Crippen MR) is 60.6 cm³/mol. The predicted octanol–water partition coefficient (Wildman–Crippen LogP) is 2.73. The fraction of sp³-hybridized carbons (Fsp3) is 1.00. The molecule has 0 spiro atoms. The maximum Gasteiger partial charge on any atom is 0.0806 e. The summed E-state index contributed by atoms with van der Waals surface area (Å²) >= 11 is 0. The van der Waals surface area contributed by atoms with Crippen molar-refractivity contribution in [2.24, 2.45) is 0 Å². The van der Waals surface area contributed by atoms with Crippen LogP contribution in [-0.2, 0) is 4.74 Å². The second-order valence-corrected chi connectivity index (χ2v) is 4.48. The summed E-state index contributed by atoms with van der Waals surface area (Å²) in [6, 6.07) is 0. The summed E-state index contributed by atoms with van der Waals surface area (Å²) in [5.74, 6) is 0. The fourth-order valence-electron chi connectivity index (χ4n) is 2.35. The summed E-state index contributed by atoms with van der Waals surface area (Å²) in [5.41, 5.74) is 0.183. The minimum atomic E-state index is 0.183. The molecule has 0 aromatic heterocycles. The van der Waals surface area contributed by atoms with E-state index in [9.17, 15) is 0 Å². The van der Waals surface area contributed by atoms with E-state index in [0.717, 1.165) is 13.2 Å². The van der Waals surface area contributed by atoms with Gasteiger partial charge < -0.3 is 10.1 Å². The minimum absolute atomic E-state index is 0.183. The standard InChI is InChI=1S/C12H25NO/c1-3-4-7-10-14-12(11-13-2)8-5-6-9-12/h13H,3-11H2,1-2H3. The highest BCUT2D eigenvalue weighted by molar-refractivity contribution is 4.88. The van der Waals surface area contributed by atoms with Crippen LogP contribution in [0, 0.1) is 0 Å². The summed E-state index contributed by atoms with van der Waals surface area (Å²) in [4.78, 5) is 0. The van der Waals surface area contributed by atoms with Gasteiger partial charge in [-0.3, -0.25) is 0 Å². The molecule has 0 saturated heterocycles. The van der Waals surface area contributed by atoms with E-state index in [1.807, 2.05) is 7.05 Å². The van der Waals surface area contributed by atoms with E-state index < -0.39 is 0 Å². The molecule has 1 rings (SSSR count). The Hall–Kier alpha value is -0.0800. The van der Waals surface area contributed by atoms with Gasteiger partial charge in [-0.15, -0.1) is 0 Å². The molecular formula is C12H25NO. The molecule has 1 saturated carbocycles. The van der Waals surface area contributed by atoms with Crippen LogP contribution in [0.5, 0.6) is 0 Å². The fourth-order valence-corrected chi connectivity index (χ4v) is 2.35. The van der Waals surface area contributed by atoms with E-state index >= 15 is 0 Å². The lowest BCUT2D eigenvalue weighted by molar-refractivity contribution is -0.0396. The van der Waals surface area contributed by atoms with Crippen molar-refractivity contribution in [3.8, 4) is 0 Å². The van der Waals surface area contributed by atoms with Crippen molar-refractivity contribution in [2.45, 2.75) is 57.5 Å². The van der Waals surface area contributed by atoms with Crippen molar-refractivity contribution in [3.05, 3.63) is 0 Å². The maximum atomic E-state index is 6.07. The SMILES string of the molecule is CCCCCOC1(CNC)CCCC1. The molecule has 0 atom stereocenters. The van der Waals surface area contributed by atoms with Gasteiger partial charge in [-0.2, -0.15) is 0 Å². The third-order valence-electron chi connectivity index (χ3n) is 3.17. The molecule has 0 radical (unpaired) electrons. The summed E-state index contributed by atoms with van der Waals surface area (Å²) < 4.78 is 6.07. The molecule has 1 N–H and O–H groups in total. The summed E-state index contributed by atoms with van der Waals surface area (Å²) in [6.45, 7) is 4.22. The molecule has 2 nitrogen and oxygen atoms in total. The van der Waals surface area contributed by atoms with Crippen LogP contribution in [0.3, 0.4) is 0 Å². The summed E-state index contributed by atoms with van der Waals surface area (Å²) in [6.07, 6.45) is 8.99. The highest BCUT2D eigenvalue weighted by Crippen LogP contribution is 2.32. The van der Waals surface area contributed by atoms with Crippen molar-refractivity contribution >= 4 is 0 Å². The minimum Gasteiger partial charge on any atom is -0.374 e. The first-order valence-electron chi connectivity index (χ1n) is 6.11. The van der Waals surface area contributed by atoms with Gasteiger partial charge in [-0.1, -0.05) is 32.6 Å². The number of rotatable bonds is 7. The van der Waals surface area contributed by atoms with Crippen LogP contribution in [0.2, 0.25) is 0 Å². The Balaban J connectivity index is 2.21. The van der Waals surface area contributed by atoms with Gasteiger partial charge in [-0.25, -0.2) is 0 Å². The molecule has 1 fully saturated rings. The van der Waals surface area contributed by atoms with Crippen LogP contribution in [-0.4, -0.2) is 25.8 Å². The highest BCUT2D eigenvalue weighted by atomic mass is 16.5. The first-order chi connectivity index (χ1) is 6.83. The van der Waals surface area contributed by atoms with E-state index in [-0.39, 0.29) is 5.60 Å². The smallest absolute Gasteiger partial charge is 0.0806 e. The third-order valence-corrected chi connectivity index (χ3v) is 3.17. The lowest BCUT2D eigenvalue weighted by Crippen LogP contribution is -2.39. The third kappa shape index (κ3) is 3.58. The molecule has 2 heteroatoms. The van der Waals surface area contributed by atoms with E-state index in [0.29, 0.717) is 0 Å². The average molecular weight is 199 g/mol. The van der Waals surface area contributed by atoms with Crippen LogP contribution < -0.4 is 5.32 Å². The largest absolute Gasteiger partial charge is 0.374 e. The Labute approximate surface area is 88.4 Å². The number of hydrogen-bond acceptors (Lipinski definition) is 2. The zero-order valence-electron chi connectivity index (χ0n) is 9.77. The molecule has 0 aromatic carbocycles. The molecule has 0 heterocycles. The van der Waals surface area contributed by atoms with Gasteiger partial charge in [0, 0.05) is 13.2 Å². The van der Waals surface area contributed by atoms with E-state index in [1.165, 1.54) is 44.9 Å². The zero-order valence-corrected chi connectivity index (χ0v) is 9.77. The van der Waals surface area contributed by atoms with Crippen molar-refractivity contribution < 1.29 is 4.74 Å². The van der Waals surface area contributed by atoms with Gasteiger partial charge in [-0.05, 0) is 26.3 Å². The number of hydrogen-bond donors (Lipinski definition) is 1. The van der Waals surface area contributed by atoms with Gasteiger partial charge in [0.2, 0.25) is 0 Å². The van der Waals surface area contributed by atoms with Crippen molar-refractivity contribution in [1.29, 1.82) is 0 Å². The Morgan fingerprint density at radius 1 is 1.21 bits per heavy atom. The lowest BCUT2D eigenvalue weighted by Gasteiger charge is -2.29. The molecule has 0 bridgehead atoms. The topological polar surface area (TPSA) is 21.3 Å². The Bertz CT molecular complexity index is 141. The Kier molecular flexibility index (Phi) is 5.49. The van der Waals surface area contributed by atoms with Crippen molar-refractivity contribution in [2.75, 3.05) is 20.2 Å². The summed E-state index contributed by atoms with van der Waals surface area (Å²) in [7, 11) is 2.02. The molecule has 84 valence electrons. The maximum absolute atomic E-state index is 6.07. The number of ether oxygens (including phenoxy) is 1. The summed E-state index contributed by atoms with van der Waals surface area (Å²) in [5, 5.41) is 3.27. The molecule has 0 unspecified atom stereocenters. The molecule has 0 amide bonds. The van der Waals surface area contributed by atoms with Gasteiger partial charge in [0.25, 0.3) is 0 Å². The molecule has 1 aliphatic carbocycles. The molecule has 1 aliphatic rings. The van der Waals surface area contributed by atoms with Crippen LogP contribution >= 0.6 is 0 Å². The van der Waals surface area contributed by atoms with Crippen LogP contribution in [0.15, 0.2) is 0 Å². The van der Waals surface area contributed by atoms with Gasteiger partial charge in [0.15, 0.2) is 0 Å². The lowest BCUT2D eigenvalue weighted by atomic mass is 10.0. The first kappa shape index (κ1) is 12.0. The number of nitrogens with one attached hydrogen (secondary N) is 1. The molecule has 0 aliphatic heterocycles. The van der Waals surface area contributed by atoms with Gasteiger partial charge in [0.1, 0.15) is 0 Å². The van der Waals surface area contributed by atoms with E-state index in [4.69, 9.17) is 4.74 Å². The van der Waals surface area contributed by atoms with Crippen LogP contribution in [0.1, 0.15) is 51.9 Å². The monoisotopic (exact) mass is 199 g/mol. The normalized spacial score (nSPS) is 20.1. The number of likely N-dealkylation sites (N-methyl/N-ethyl adjacent to an activating group) is 1.